The van der Waals surface area contributed by atoms with E-state index in [1.54, 1.807) is 7.11 Å². The van der Waals surface area contributed by atoms with Crippen molar-refractivity contribution in [3.8, 4) is 5.75 Å². The number of ether oxygens (including phenoxy) is 1. The van der Waals surface area contributed by atoms with Crippen LogP contribution in [0.3, 0.4) is 0 Å². The number of hydrogen-bond donors (Lipinski definition) is 2. The third kappa shape index (κ3) is 2.25. The largest absolute Gasteiger partial charge is 0.497 e. The molecule has 0 aliphatic heterocycles. The first-order valence-corrected chi connectivity index (χ1v) is 4.83. The van der Waals surface area contributed by atoms with Crippen molar-refractivity contribution in [2.45, 2.75) is 25.0 Å². The van der Waals surface area contributed by atoms with Gasteiger partial charge in [-0.2, -0.15) is 0 Å². The zero-order valence-corrected chi connectivity index (χ0v) is 9.46. The van der Waals surface area contributed by atoms with Gasteiger partial charge < -0.3 is 15.6 Å². The molecule has 0 fully saturated rings. The lowest BCUT2D eigenvalue weighted by molar-refractivity contribution is 0.133. The number of halogens is 1. The van der Waals surface area contributed by atoms with Crippen molar-refractivity contribution < 1.29 is 9.84 Å². The SMILES string of the molecule is COc1ccc2c(c1)CC[C@H](N)[C@H]2O.Cl. The Morgan fingerprint density at radius 1 is 1.47 bits per heavy atom. The molecule has 3 nitrogen and oxygen atoms in total. The summed E-state index contributed by atoms with van der Waals surface area (Å²) in [7, 11) is 1.65. The molecule has 1 aromatic rings. The molecular formula is C11H16ClNO2. The van der Waals surface area contributed by atoms with Crippen molar-refractivity contribution in [3.63, 3.8) is 0 Å². The van der Waals surface area contributed by atoms with Gasteiger partial charge in [0.05, 0.1) is 13.2 Å². The van der Waals surface area contributed by atoms with Gasteiger partial charge in [-0.3, -0.25) is 0 Å². The summed E-state index contributed by atoms with van der Waals surface area (Å²) in [6, 6.07) is 5.61. The van der Waals surface area contributed by atoms with E-state index in [1.165, 1.54) is 0 Å². The molecule has 1 aliphatic rings. The molecule has 2 rings (SSSR count). The molecule has 0 bridgehead atoms. The Morgan fingerprint density at radius 2 is 2.20 bits per heavy atom. The molecule has 0 unspecified atom stereocenters. The zero-order chi connectivity index (χ0) is 10.1. The van der Waals surface area contributed by atoms with E-state index < -0.39 is 6.10 Å². The minimum Gasteiger partial charge on any atom is -0.497 e. The number of benzene rings is 1. The van der Waals surface area contributed by atoms with E-state index in [2.05, 4.69) is 0 Å². The van der Waals surface area contributed by atoms with Crippen molar-refractivity contribution in [1.29, 1.82) is 0 Å². The van der Waals surface area contributed by atoms with Crippen LogP contribution in [0.1, 0.15) is 23.7 Å². The number of fused-ring (bicyclic) bond motifs is 1. The third-order valence-corrected chi connectivity index (χ3v) is 2.82. The van der Waals surface area contributed by atoms with Gasteiger partial charge in [0, 0.05) is 6.04 Å². The Hall–Kier alpha value is -0.770. The van der Waals surface area contributed by atoms with Gasteiger partial charge >= 0.3 is 0 Å². The first-order valence-electron chi connectivity index (χ1n) is 4.83. The molecule has 3 N–H and O–H groups in total. The molecule has 1 aliphatic carbocycles. The van der Waals surface area contributed by atoms with Gasteiger partial charge in [-0.05, 0) is 36.1 Å². The summed E-state index contributed by atoms with van der Waals surface area (Å²) in [5.41, 5.74) is 7.88. The van der Waals surface area contributed by atoms with Gasteiger partial charge in [0.15, 0.2) is 0 Å². The Labute approximate surface area is 95.7 Å². The number of hydrogen-bond acceptors (Lipinski definition) is 3. The lowest BCUT2D eigenvalue weighted by atomic mass is 9.86. The smallest absolute Gasteiger partial charge is 0.119 e. The maximum Gasteiger partial charge on any atom is 0.119 e. The van der Waals surface area contributed by atoms with Crippen LogP contribution in [0, 0.1) is 0 Å². The van der Waals surface area contributed by atoms with Gasteiger partial charge in [-0.15, -0.1) is 12.4 Å². The van der Waals surface area contributed by atoms with Crippen LogP contribution >= 0.6 is 12.4 Å². The lowest BCUT2D eigenvalue weighted by Gasteiger charge is -2.27. The first-order chi connectivity index (χ1) is 6.72. The molecule has 0 saturated carbocycles. The van der Waals surface area contributed by atoms with Crippen LogP contribution < -0.4 is 10.5 Å². The predicted molar refractivity (Wildman–Crippen MR) is 61.5 cm³/mol. The van der Waals surface area contributed by atoms with Crippen molar-refractivity contribution in [1.82, 2.24) is 0 Å². The highest BCUT2D eigenvalue weighted by molar-refractivity contribution is 5.85. The highest BCUT2D eigenvalue weighted by Gasteiger charge is 2.24. The number of methoxy groups -OCH3 is 1. The first kappa shape index (κ1) is 12.3. The van der Waals surface area contributed by atoms with Crippen LogP contribution in [-0.2, 0) is 6.42 Å². The molecule has 1 aromatic carbocycles. The van der Waals surface area contributed by atoms with Crippen LogP contribution in [0.15, 0.2) is 18.2 Å². The third-order valence-electron chi connectivity index (χ3n) is 2.82. The van der Waals surface area contributed by atoms with Crippen molar-refractivity contribution >= 4 is 12.4 Å². The highest BCUT2D eigenvalue weighted by atomic mass is 35.5. The van der Waals surface area contributed by atoms with E-state index in [-0.39, 0.29) is 18.4 Å². The monoisotopic (exact) mass is 229 g/mol. The van der Waals surface area contributed by atoms with Gasteiger partial charge in [-0.25, -0.2) is 0 Å². The molecule has 0 saturated heterocycles. The summed E-state index contributed by atoms with van der Waals surface area (Å²) in [4.78, 5) is 0. The lowest BCUT2D eigenvalue weighted by Crippen LogP contribution is -2.32. The Balaban J connectivity index is 0.00000112. The number of rotatable bonds is 1. The van der Waals surface area contributed by atoms with Gasteiger partial charge in [0.25, 0.3) is 0 Å². The molecule has 4 heteroatoms. The second-order valence-corrected chi connectivity index (χ2v) is 3.71. The molecule has 0 aromatic heterocycles. The summed E-state index contributed by atoms with van der Waals surface area (Å²) in [6.07, 6.45) is 1.23. The number of nitrogens with two attached hydrogens (primary N) is 1. The topological polar surface area (TPSA) is 55.5 Å². The van der Waals surface area contributed by atoms with Crippen LogP contribution in [0.5, 0.6) is 5.75 Å². The maximum atomic E-state index is 9.83. The molecule has 84 valence electrons. The van der Waals surface area contributed by atoms with Crippen LogP contribution in [0.2, 0.25) is 0 Å². The average molecular weight is 230 g/mol. The molecule has 15 heavy (non-hydrogen) atoms. The predicted octanol–water partition coefficient (Wildman–Crippen LogP) is 1.42. The van der Waals surface area contributed by atoms with Gasteiger partial charge in [-0.1, -0.05) is 6.07 Å². The quantitative estimate of drug-likeness (QED) is 0.766. The van der Waals surface area contributed by atoms with E-state index in [0.717, 1.165) is 29.7 Å². The van der Waals surface area contributed by atoms with Gasteiger partial charge in [0.2, 0.25) is 0 Å². The minimum atomic E-state index is -0.523. The van der Waals surface area contributed by atoms with Crippen LogP contribution in [-0.4, -0.2) is 18.3 Å². The Kier molecular flexibility index (Phi) is 3.97. The standard InChI is InChI=1S/C11H15NO2.ClH/c1-14-8-3-4-9-7(6-8)2-5-10(12)11(9)13;/h3-4,6,10-11,13H,2,5,12H2,1H3;1H/t10-,11-;/m0./s1. The molecule has 0 spiro atoms. The Morgan fingerprint density at radius 3 is 2.87 bits per heavy atom. The summed E-state index contributed by atoms with van der Waals surface area (Å²) >= 11 is 0. The summed E-state index contributed by atoms with van der Waals surface area (Å²) < 4.78 is 5.13. The van der Waals surface area contributed by atoms with E-state index in [9.17, 15) is 5.11 Å². The number of aliphatic hydroxyl groups is 1. The Bertz CT molecular complexity index is 343. The molecule has 0 radical (unpaired) electrons. The van der Waals surface area contributed by atoms with Gasteiger partial charge in [0.1, 0.15) is 5.75 Å². The van der Waals surface area contributed by atoms with E-state index in [1.807, 2.05) is 18.2 Å². The fraction of sp³-hybridized carbons (Fsp3) is 0.455. The highest BCUT2D eigenvalue weighted by Crippen LogP contribution is 2.31. The number of aliphatic hydroxyl groups excluding tert-OH is 1. The molecule has 0 heterocycles. The molecular weight excluding hydrogens is 214 g/mol. The normalized spacial score (nSPS) is 23.9. The fourth-order valence-electron chi connectivity index (χ4n) is 1.92. The van der Waals surface area contributed by atoms with E-state index in [0.29, 0.717) is 0 Å². The van der Waals surface area contributed by atoms with E-state index >= 15 is 0 Å². The fourth-order valence-corrected chi connectivity index (χ4v) is 1.92. The molecule has 0 amide bonds. The minimum absolute atomic E-state index is 0. The average Bonchev–Trinajstić information content (AvgIpc) is 2.23. The summed E-state index contributed by atoms with van der Waals surface area (Å²) in [6.45, 7) is 0. The second kappa shape index (κ2) is 4.84. The zero-order valence-electron chi connectivity index (χ0n) is 8.64. The number of aryl methyl sites for hydroxylation is 1. The molecule has 2 atom stereocenters. The van der Waals surface area contributed by atoms with Crippen molar-refractivity contribution in [2.75, 3.05) is 7.11 Å². The van der Waals surface area contributed by atoms with Crippen molar-refractivity contribution in [2.24, 2.45) is 5.73 Å². The summed E-state index contributed by atoms with van der Waals surface area (Å²) in [5, 5.41) is 9.83. The van der Waals surface area contributed by atoms with Crippen LogP contribution in [0.4, 0.5) is 0 Å². The maximum absolute atomic E-state index is 9.83. The van der Waals surface area contributed by atoms with Crippen LogP contribution in [0.25, 0.3) is 0 Å². The van der Waals surface area contributed by atoms with E-state index in [4.69, 9.17) is 10.5 Å². The second-order valence-electron chi connectivity index (χ2n) is 3.71. The summed E-state index contributed by atoms with van der Waals surface area (Å²) in [5.74, 6) is 0.839. The van der Waals surface area contributed by atoms with Crippen molar-refractivity contribution in [3.05, 3.63) is 29.3 Å².